The van der Waals surface area contributed by atoms with Crippen molar-refractivity contribution in [3.05, 3.63) is 23.8 Å². The van der Waals surface area contributed by atoms with Gasteiger partial charge in [-0.05, 0) is 56.5 Å². The number of carboxylic acid groups (broad SMARTS) is 1. The van der Waals surface area contributed by atoms with Gasteiger partial charge in [-0.15, -0.1) is 0 Å². The van der Waals surface area contributed by atoms with E-state index >= 15 is 0 Å². The van der Waals surface area contributed by atoms with Gasteiger partial charge >= 0.3 is 5.97 Å². The lowest BCUT2D eigenvalue weighted by Gasteiger charge is -2.33. The van der Waals surface area contributed by atoms with Gasteiger partial charge in [0.15, 0.2) is 0 Å². The molecule has 2 fully saturated rings. The highest BCUT2D eigenvalue weighted by molar-refractivity contribution is 5.72. The van der Waals surface area contributed by atoms with E-state index in [0.717, 1.165) is 37.4 Å². The van der Waals surface area contributed by atoms with E-state index in [1.807, 2.05) is 0 Å². The molecule has 5 heteroatoms. The van der Waals surface area contributed by atoms with E-state index in [0.29, 0.717) is 6.54 Å². The summed E-state index contributed by atoms with van der Waals surface area (Å²) in [4.78, 5) is 15.9. The van der Waals surface area contributed by atoms with Crippen LogP contribution in [0.15, 0.2) is 18.2 Å². The van der Waals surface area contributed by atoms with E-state index in [2.05, 4.69) is 28.0 Å². The number of hydrogen-bond donors (Lipinski definition) is 1. The van der Waals surface area contributed by atoms with Crippen LogP contribution in [0.1, 0.15) is 31.2 Å². The first-order valence-corrected chi connectivity index (χ1v) is 8.54. The lowest BCUT2D eigenvalue weighted by atomic mass is 9.97. The van der Waals surface area contributed by atoms with E-state index in [1.54, 1.807) is 7.11 Å². The van der Waals surface area contributed by atoms with Crippen LogP contribution in [0.3, 0.4) is 0 Å². The Morgan fingerprint density at radius 3 is 2.74 bits per heavy atom. The van der Waals surface area contributed by atoms with Gasteiger partial charge in [-0.3, -0.25) is 9.69 Å². The topological polar surface area (TPSA) is 53.0 Å². The average Bonchev–Trinajstić information content (AvgIpc) is 3.07. The molecule has 0 amide bonds. The SMILES string of the molecule is COc1cc(CN2CCCC2)ccc1N1CCCC(C(=O)O)C1. The fraction of sp³-hybridized carbons (Fsp3) is 0.611. The Balaban J connectivity index is 1.74. The zero-order valence-corrected chi connectivity index (χ0v) is 13.8. The zero-order chi connectivity index (χ0) is 16.2. The Labute approximate surface area is 137 Å². The molecule has 1 unspecified atom stereocenters. The van der Waals surface area contributed by atoms with E-state index in [1.165, 1.54) is 31.5 Å². The minimum Gasteiger partial charge on any atom is -0.495 e. The molecule has 0 aliphatic carbocycles. The number of nitrogens with zero attached hydrogens (tertiary/aromatic N) is 2. The highest BCUT2D eigenvalue weighted by Crippen LogP contribution is 2.33. The molecule has 5 nitrogen and oxygen atoms in total. The number of rotatable bonds is 5. The molecule has 23 heavy (non-hydrogen) atoms. The summed E-state index contributed by atoms with van der Waals surface area (Å²) in [6, 6.07) is 6.35. The lowest BCUT2D eigenvalue weighted by molar-refractivity contribution is -0.141. The molecular weight excluding hydrogens is 292 g/mol. The highest BCUT2D eigenvalue weighted by atomic mass is 16.5. The predicted octanol–water partition coefficient (Wildman–Crippen LogP) is 2.59. The molecule has 1 aromatic carbocycles. The van der Waals surface area contributed by atoms with Gasteiger partial charge in [0.25, 0.3) is 0 Å². The van der Waals surface area contributed by atoms with Crippen LogP contribution in [0.2, 0.25) is 0 Å². The Kier molecular flexibility index (Phi) is 5.06. The molecule has 3 rings (SSSR count). The Bertz CT molecular complexity index is 555. The van der Waals surface area contributed by atoms with E-state index in [9.17, 15) is 9.90 Å². The fourth-order valence-electron chi connectivity index (χ4n) is 3.68. The summed E-state index contributed by atoms with van der Waals surface area (Å²) in [5, 5.41) is 9.27. The average molecular weight is 318 g/mol. The number of hydrogen-bond acceptors (Lipinski definition) is 4. The van der Waals surface area contributed by atoms with Crippen LogP contribution >= 0.6 is 0 Å². The second-order valence-electron chi connectivity index (χ2n) is 6.61. The molecule has 2 saturated heterocycles. The number of carbonyl (C=O) groups is 1. The van der Waals surface area contributed by atoms with Crippen molar-refractivity contribution in [1.82, 2.24) is 4.90 Å². The Morgan fingerprint density at radius 2 is 2.04 bits per heavy atom. The third-order valence-electron chi connectivity index (χ3n) is 4.96. The van der Waals surface area contributed by atoms with Gasteiger partial charge in [-0.25, -0.2) is 0 Å². The first-order chi connectivity index (χ1) is 11.2. The lowest BCUT2D eigenvalue weighted by Crippen LogP contribution is -2.38. The molecule has 1 atom stereocenters. The van der Waals surface area contributed by atoms with Crippen molar-refractivity contribution < 1.29 is 14.6 Å². The van der Waals surface area contributed by atoms with Crippen LogP contribution in [0, 0.1) is 5.92 Å². The van der Waals surface area contributed by atoms with Crippen LogP contribution < -0.4 is 9.64 Å². The molecule has 0 saturated carbocycles. The zero-order valence-electron chi connectivity index (χ0n) is 13.8. The van der Waals surface area contributed by atoms with Crippen molar-refractivity contribution in [3.8, 4) is 5.75 Å². The molecule has 2 aliphatic heterocycles. The number of anilines is 1. The predicted molar refractivity (Wildman–Crippen MR) is 90.1 cm³/mol. The van der Waals surface area contributed by atoms with Gasteiger partial charge < -0.3 is 14.7 Å². The fourth-order valence-corrected chi connectivity index (χ4v) is 3.68. The van der Waals surface area contributed by atoms with Crippen molar-refractivity contribution in [2.45, 2.75) is 32.2 Å². The van der Waals surface area contributed by atoms with E-state index in [-0.39, 0.29) is 5.92 Å². The molecule has 2 aliphatic rings. The normalized spacial score (nSPS) is 22.3. The van der Waals surface area contributed by atoms with Gasteiger partial charge in [0.2, 0.25) is 0 Å². The minimum atomic E-state index is -0.695. The molecule has 0 spiro atoms. The van der Waals surface area contributed by atoms with Crippen LogP contribution in [0.4, 0.5) is 5.69 Å². The van der Waals surface area contributed by atoms with Crippen LogP contribution in [-0.4, -0.2) is 49.3 Å². The van der Waals surface area contributed by atoms with Crippen molar-refractivity contribution in [1.29, 1.82) is 0 Å². The molecule has 1 aromatic rings. The van der Waals surface area contributed by atoms with Gasteiger partial charge in [-0.1, -0.05) is 6.07 Å². The van der Waals surface area contributed by atoms with Crippen LogP contribution in [0.25, 0.3) is 0 Å². The summed E-state index contributed by atoms with van der Waals surface area (Å²) in [6.07, 6.45) is 4.26. The number of methoxy groups -OCH3 is 1. The monoisotopic (exact) mass is 318 g/mol. The smallest absolute Gasteiger partial charge is 0.308 e. The number of ether oxygens (including phenoxy) is 1. The molecule has 126 valence electrons. The van der Waals surface area contributed by atoms with Gasteiger partial charge in [0, 0.05) is 19.6 Å². The van der Waals surface area contributed by atoms with Crippen LogP contribution in [-0.2, 0) is 11.3 Å². The number of aliphatic carboxylic acids is 1. The summed E-state index contributed by atoms with van der Waals surface area (Å²) < 4.78 is 5.59. The second-order valence-corrected chi connectivity index (χ2v) is 6.61. The summed E-state index contributed by atoms with van der Waals surface area (Å²) >= 11 is 0. The Morgan fingerprint density at radius 1 is 1.26 bits per heavy atom. The molecule has 1 N–H and O–H groups in total. The number of likely N-dealkylation sites (tertiary alicyclic amines) is 1. The van der Waals surface area contributed by atoms with Crippen molar-refractivity contribution in [2.24, 2.45) is 5.92 Å². The summed E-state index contributed by atoms with van der Waals surface area (Å²) in [7, 11) is 1.69. The summed E-state index contributed by atoms with van der Waals surface area (Å²) in [5.74, 6) is -0.121. The Hall–Kier alpha value is -1.75. The largest absolute Gasteiger partial charge is 0.495 e. The summed E-state index contributed by atoms with van der Waals surface area (Å²) in [6.45, 7) is 4.78. The van der Waals surface area contributed by atoms with Gasteiger partial charge in [0.1, 0.15) is 5.75 Å². The standard InChI is InChI=1S/C18H26N2O3/c1-23-17-11-14(12-19-8-2-3-9-19)6-7-16(17)20-10-4-5-15(13-20)18(21)22/h6-7,11,15H,2-5,8-10,12-13H2,1H3,(H,21,22). The van der Waals surface area contributed by atoms with Gasteiger partial charge in [-0.2, -0.15) is 0 Å². The van der Waals surface area contributed by atoms with E-state index < -0.39 is 5.97 Å². The maximum absolute atomic E-state index is 11.3. The van der Waals surface area contributed by atoms with Crippen LogP contribution in [0.5, 0.6) is 5.75 Å². The second kappa shape index (κ2) is 7.21. The minimum absolute atomic E-state index is 0.280. The quantitative estimate of drug-likeness (QED) is 0.904. The third kappa shape index (κ3) is 3.78. The highest BCUT2D eigenvalue weighted by Gasteiger charge is 2.27. The molecular formula is C18H26N2O3. The maximum Gasteiger partial charge on any atom is 0.308 e. The third-order valence-corrected chi connectivity index (χ3v) is 4.96. The first-order valence-electron chi connectivity index (χ1n) is 8.54. The number of carboxylic acids is 1. The van der Waals surface area contributed by atoms with Crippen molar-refractivity contribution >= 4 is 11.7 Å². The van der Waals surface area contributed by atoms with Crippen molar-refractivity contribution in [2.75, 3.05) is 38.2 Å². The van der Waals surface area contributed by atoms with Gasteiger partial charge in [0.05, 0.1) is 18.7 Å². The van der Waals surface area contributed by atoms with E-state index in [4.69, 9.17) is 4.74 Å². The summed E-state index contributed by atoms with van der Waals surface area (Å²) in [5.41, 5.74) is 2.28. The maximum atomic E-state index is 11.3. The number of piperidine rings is 1. The first kappa shape index (κ1) is 16.1. The molecule has 2 heterocycles. The van der Waals surface area contributed by atoms with Crippen molar-refractivity contribution in [3.63, 3.8) is 0 Å². The molecule has 0 bridgehead atoms. The molecule has 0 aromatic heterocycles. The number of benzene rings is 1. The molecule has 0 radical (unpaired) electrons.